The van der Waals surface area contributed by atoms with E-state index in [0.717, 1.165) is 18.1 Å². The van der Waals surface area contributed by atoms with Crippen LogP contribution in [0.2, 0.25) is 0 Å². The molecule has 5 heteroatoms. The lowest BCUT2D eigenvalue weighted by Crippen LogP contribution is -2.27. The average Bonchev–Trinajstić information content (AvgIpc) is 2.41. The van der Waals surface area contributed by atoms with E-state index in [1.807, 2.05) is 11.8 Å². The van der Waals surface area contributed by atoms with Crippen molar-refractivity contribution in [1.29, 1.82) is 5.26 Å². The Hall–Kier alpha value is -1.41. The number of aromatic nitrogens is 1. The van der Waals surface area contributed by atoms with Crippen molar-refractivity contribution < 1.29 is 0 Å². The van der Waals surface area contributed by atoms with Crippen LogP contribution in [0.4, 0.5) is 11.5 Å². The Labute approximate surface area is 112 Å². The molecule has 1 aliphatic rings. The lowest BCUT2D eigenvalue weighted by Gasteiger charge is -2.28. The summed E-state index contributed by atoms with van der Waals surface area (Å²) in [4.78, 5) is 4.22. The highest BCUT2D eigenvalue weighted by molar-refractivity contribution is 7.99. The van der Waals surface area contributed by atoms with Crippen molar-refractivity contribution >= 4 is 23.3 Å². The fourth-order valence-electron chi connectivity index (χ4n) is 2.32. The van der Waals surface area contributed by atoms with Gasteiger partial charge in [0.25, 0.3) is 0 Å². The largest absolute Gasteiger partial charge is 0.397 e. The van der Waals surface area contributed by atoms with Crippen molar-refractivity contribution in [1.82, 2.24) is 4.98 Å². The van der Waals surface area contributed by atoms with Gasteiger partial charge in [-0.15, -0.1) is 0 Å². The molecule has 0 atom stereocenters. The second kappa shape index (κ2) is 5.96. The van der Waals surface area contributed by atoms with E-state index in [1.165, 1.54) is 12.8 Å². The predicted octanol–water partition coefficient (Wildman–Crippen LogP) is 2.62. The van der Waals surface area contributed by atoms with Crippen molar-refractivity contribution in [3.8, 4) is 6.07 Å². The molecule has 1 fully saturated rings. The quantitative estimate of drug-likeness (QED) is 0.876. The number of nitrogens with two attached hydrogens (primary N) is 1. The fourth-order valence-corrected chi connectivity index (χ4v) is 3.06. The Balaban J connectivity index is 2.00. The lowest BCUT2D eigenvalue weighted by molar-refractivity contribution is 0.472. The molecule has 0 spiro atoms. The maximum atomic E-state index is 9.06. The van der Waals surface area contributed by atoms with E-state index in [-0.39, 0.29) is 0 Å². The molecule has 4 nitrogen and oxygen atoms in total. The van der Waals surface area contributed by atoms with Crippen LogP contribution < -0.4 is 11.1 Å². The molecule has 0 unspecified atom stereocenters. The second-order valence-corrected chi connectivity index (χ2v) is 5.77. The zero-order valence-electron chi connectivity index (χ0n) is 10.5. The summed E-state index contributed by atoms with van der Waals surface area (Å²) in [6.07, 6.45) is 8.51. The molecule has 0 aliphatic heterocycles. The molecular weight excluding hydrogens is 244 g/mol. The third-order valence-electron chi connectivity index (χ3n) is 3.38. The molecule has 0 saturated heterocycles. The number of rotatable bonds is 3. The number of nitriles is 1. The SMILES string of the molecule is CSC1CCC(Nc2ncc(N)cc2C#N)CC1. The first-order valence-corrected chi connectivity index (χ1v) is 7.46. The molecule has 1 saturated carbocycles. The number of anilines is 2. The number of nitrogens with zero attached hydrogens (tertiary/aromatic N) is 2. The molecule has 3 N–H and O–H groups in total. The normalized spacial score (nSPS) is 23.3. The van der Waals surface area contributed by atoms with Gasteiger partial charge in [0.1, 0.15) is 11.9 Å². The molecular formula is C13H18N4S. The van der Waals surface area contributed by atoms with E-state index >= 15 is 0 Å². The van der Waals surface area contributed by atoms with Gasteiger partial charge in [-0.2, -0.15) is 17.0 Å². The third kappa shape index (κ3) is 3.08. The molecule has 1 aliphatic carbocycles. The first-order chi connectivity index (χ1) is 8.72. The molecule has 1 aromatic heterocycles. The number of pyridine rings is 1. The van der Waals surface area contributed by atoms with Crippen molar-refractivity contribution in [2.75, 3.05) is 17.3 Å². The third-order valence-corrected chi connectivity index (χ3v) is 4.52. The first-order valence-electron chi connectivity index (χ1n) is 6.18. The van der Waals surface area contributed by atoms with Crippen LogP contribution in [0.5, 0.6) is 0 Å². The van der Waals surface area contributed by atoms with Gasteiger partial charge < -0.3 is 11.1 Å². The maximum absolute atomic E-state index is 9.06. The van der Waals surface area contributed by atoms with Crippen LogP contribution in [0, 0.1) is 11.3 Å². The van der Waals surface area contributed by atoms with Crippen LogP contribution in [0.1, 0.15) is 31.2 Å². The number of nitrogens with one attached hydrogen (secondary N) is 1. The minimum atomic E-state index is 0.427. The Morgan fingerprint density at radius 3 is 2.78 bits per heavy atom. The van der Waals surface area contributed by atoms with Crippen molar-refractivity contribution in [3.05, 3.63) is 17.8 Å². The zero-order valence-corrected chi connectivity index (χ0v) is 11.3. The summed E-state index contributed by atoms with van der Waals surface area (Å²) < 4.78 is 0. The highest BCUT2D eigenvalue weighted by Gasteiger charge is 2.21. The van der Waals surface area contributed by atoms with Gasteiger partial charge in [0, 0.05) is 11.3 Å². The van der Waals surface area contributed by atoms with E-state index in [9.17, 15) is 0 Å². The Morgan fingerprint density at radius 2 is 2.17 bits per heavy atom. The standard InChI is InChI=1S/C13H18N4S/c1-18-12-4-2-11(3-5-12)17-13-9(7-14)6-10(15)8-16-13/h6,8,11-12H,2-5,15H2,1H3,(H,16,17). The number of hydrogen-bond acceptors (Lipinski definition) is 5. The van der Waals surface area contributed by atoms with Gasteiger partial charge in [0.05, 0.1) is 17.4 Å². The van der Waals surface area contributed by atoms with Crippen LogP contribution in [0.25, 0.3) is 0 Å². The van der Waals surface area contributed by atoms with Crippen LogP contribution >= 0.6 is 11.8 Å². The summed E-state index contributed by atoms with van der Waals surface area (Å²) in [6, 6.07) is 4.23. The monoisotopic (exact) mass is 262 g/mol. The van der Waals surface area contributed by atoms with E-state index in [0.29, 0.717) is 23.1 Å². The van der Waals surface area contributed by atoms with Gasteiger partial charge in [0.2, 0.25) is 0 Å². The topological polar surface area (TPSA) is 74.7 Å². The van der Waals surface area contributed by atoms with Gasteiger partial charge in [-0.25, -0.2) is 4.98 Å². The van der Waals surface area contributed by atoms with E-state index in [1.54, 1.807) is 12.3 Å². The van der Waals surface area contributed by atoms with Crippen LogP contribution in [0.3, 0.4) is 0 Å². The molecule has 0 aromatic carbocycles. The maximum Gasteiger partial charge on any atom is 0.144 e. The Morgan fingerprint density at radius 1 is 1.44 bits per heavy atom. The molecule has 0 radical (unpaired) electrons. The van der Waals surface area contributed by atoms with Crippen molar-refractivity contribution in [2.45, 2.75) is 37.0 Å². The summed E-state index contributed by atoms with van der Waals surface area (Å²) in [6.45, 7) is 0. The number of hydrogen-bond donors (Lipinski definition) is 2. The van der Waals surface area contributed by atoms with E-state index in [2.05, 4.69) is 22.6 Å². The summed E-state index contributed by atoms with van der Waals surface area (Å²) in [5.74, 6) is 0.666. The lowest BCUT2D eigenvalue weighted by atomic mass is 9.95. The summed E-state index contributed by atoms with van der Waals surface area (Å²) in [5.41, 5.74) is 6.69. The van der Waals surface area contributed by atoms with Gasteiger partial charge in [-0.3, -0.25) is 0 Å². The van der Waals surface area contributed by atoms with Crippen LogP contribution in [0.15, 0.2) is 12.3 Å². The Bertz CT molecular complexity index is 447. The minimum absolute atomic E-state index is 0.427. The summed E-state index contributed by atoms with van der Waals surface area (Å²) in [7, 11) is 0. The number of nitrogen functional groups attached to an aromatic ring is 1. The van der Waals surface area contributed by atoms with Gasteiger partial charge in [-0.05, 0) is 38.0 Å². The second-order valence-electron chi connectivity index (χ2n) is 4.63. The average molecular weight is 262 g/mol. The molecule has 18 heavy (non-hydrogen) atoms. The van der Waals surface area contributed by atoms with Crippen molar-refractivity contribution in [3.63, 3.8) is 0 Å². The van der Waals surface area contributed by atoms with Gasteiger partial charge in [0.15, 0.2) is 0 Å². The number of thioether (sulfide) groups is 1. The van der Waals surface area contributed by atoms with Gasteiger partial charge >= 0.3 is 0 Å². The van der Waals surface area contributed by atoms with Crippen LogP contribution in [-0.2, 0) is 0 Å². The predicted molar refractivity (Wildman–Crippen MR) is 76.5 cm³/mol. The summed E-state index contributed by atoms with van der Waals surface area (Å²) >= 11 is 1.95. The van der Waals surface area contributed by atoms with Crippen molar-refractivity contribution in [2.24, 2.45) is 0 Å². The molecule has 1 heterocycles. The molecule has 0 bridgehead atoms. The first kappa shape index (κ1) is 13.0. The molecule has 2 rings (SSSR count). The zero-order chi connectivity index (χ0) is 13.0. The molecule has 1 aromatic rings. The van der Waals surface area contributed by atoms with Crippen LogP contribution in [-0.4, -0.2) is 22.5 Å². The Kier molecular flexibility index (Phi) is 4.32. The van der Waals surface area contributed by atoms with E-state index < -0.39 is 0 Å². The fraction of sp³-hybridized carbons (Fsp3) is 0.538. The molecule has 96 valence electrons. The van der Waals surface area contributed by atoms with E-state index in [4.69, 9.17) is 11.0 Å². The highest BCUT2D eigenvalue weighted by Crippen LogP contribution is 2.29. The van der Waals surface area contributed by atoms with Gasteiger partial charge in [-0.1, -0.05) is 0 Å². The summed E-state index contributed by atoms with van der Waals surface area (Å²) in [5, 5.41) is 13.2. The highest BCUT2D eigenvalue weighted by atomic mass is 32.2. The molecule has 0 amide bonds. The minimum Gasteiger partial charge on any atom is -0.397 e. The smallest absolute Gasteiger partial charge is 0.144 e.